The zero-order chi connectivity index (χ0) is 9.26. The molecule has 0 aliphatic heterocycles. The molecule has 1 aliphatic carbocycles. The minimum absolute atomic E-state index is 0.505. The van der Waals surface area contributed by atoms with Gasteiger partial charge in [-0.2, -0.15) is 0 Å². The van der Waals surface area contributed by atoms with Crippen LogP contribution in [0.25, 0.3) is 0 Å². The first-order chi connectivity index (χ1) is 6.25. The highest BCUT2D eigenvalue weighted by atomic mass is 16.5. The molecule has 1 aromatic rings. The molecular weight excluding hydrogens is 160 g/mol. The zero-order valence-corrected chi connectivity index (χ0v) is 8.29. The molecule has 0 heterocycles. The highest BCUT2D eigenvalue weighted by molar-refractivity contribution is 5.29. The quantitative estimate of drug-likeness (QED) is 0.686. The first kappa shape index (κ1) is 8.61. The summed E-state index contributed by atoms with van der Waals surface area (Å²) in [6.07, 6.45) is 2.96. The fraction of sp³-hybridized carbons (Fsp3) is 0.500. The number of rotatable bonds is 3. The molecule has 0 N–H and O–H groups in total. The van der Waals surface area contributed by atoms with E-state index in [2.05, 4.69) is 38.1 Å². The van der Waals surface area contributed by atoms with Crippen molar-refractivity contribution >= 4 is 0 Å². The topological polar surface area (TPSA) is 9.23 Å². The van der Waals surface area contributed by atoms with Crippen LogP contribution in [0.1, 0.15) is 38.2 Å². The lowest BCUT2D eigenvalue weighted by Crippen LogP contribution is -1.96. The van der Waals surface area contributed by atoms with E-state index in [1.54, 1.807) is 0 Å². The van der Waals surface area contributed by atoms with Gasteiger partial charge < -0.3 is 4.74 Å². The Morgan fingerprint density at radius 3 is 2.23 bits per heavy atom. The third kappa shape index (κ3) is 2.24. The average Bonchev–Trinajstić information content (AvgIpc) is 2.89. The molecule has 70 valence electrons. The third-order valence-corrected chi connectivity index (χ3v) is 2.37. The highest BCUT2D eigenvalue weighted by Gasteiger charge is 2.23. The van der Waals surface area contributed by atoms with E-state index >= 15 is 0 Å². The largest absolute Gasteiger partial charge is 0.490 e. The Morgan fingerprint density at radius 2 is 1.77 bits per heavy atom. The van der Waals surface area contributed by atoms with Crippen molar-refractivity contribution in [2.45, 2.75) is 38.7 Å². The van der Waals surface area contributed by atoms with Crippen molar-refractivity contribution in [1.82, 2.24) is 0 Å². The van der Waals surface area contributed by atoms with Crippen LogP contribution in [0.3, 0.4) is 0 Å². The molecule has 0 radical (unpaired) electrons. The van der Waals surface area contributed by atoms with Gasteiger partial charge in [0.1, 0.15) is 5.75 Å². The van der Waals surface area contributed by atoms with E-state index in [4.69, 9.17) is 4.74 Å². The Balaban J connectivity index is 2.04. The fourth-order valence-corrected chi connectivity index (χ4v) is 1.31. The Kier molecular flexibility index (Phi) is 2.26. The van der Waals surface area contributed by atoms with E-state index in [1.807, 2.05) is 0 Å². The molecule has 2 rings (SSSR count). The summed E-state index contributed by atoms with van der Waals surface area (Å²) in [5.41, 5.74) is 1.38. The maximum Gasteiger partial charge on any atom is 0.119 e. The van der Waals surface area contributed by atoms with Gasteiger partial charge in [-0.25, -0.2) is 0 Å². The van der Waals surface area contributed by atoms with Gasteiger partial charge >= 0.3 is 0 Å². The molecule has 13 heavy (non-hydrogen) atoms. The van der Waals surface area contributed by atoms with Gasteiger partial charge in [0, 0.05) is 0 Å². The van der Waals surface area contributed by atoms with Crippen molar-refractivity contribution in [3.05, 3.63) is 29.8 Å². The van der Waals surface area contributed by atoms with Gasteiger partial charge in [0.25, 0.3) is 0 Å². The van der Waals surface area contributed by atoms with Crippen LogP contribution in [0.4, 0.5) is 0 Å². The molecule has 0 bridgehead atoms. The molecule has 0 aromatic heterocycles. The predicted molar refractivity (Wildman–Crippen MR) is 54.2 cm³/mol. The van der Waals surface area contributed by atoms with Gasteiger partial charge in [-0.3, -0.25) is 0 Å². The normalized spacial score (nSPS) is 16.2. The smallest absolute Gasteiger partial charge is 0.119 e. The number of hydrogen-bond donors (Lipinski definition) is 0. The summed E-state index contributed by atoms with van der Waals surface area (Å²) in [5, 5.41) is 0. The summed E-state index contributed by atoms with van der Waals surface area (Å²) in [4.78, 5) is 0. The second-order valence-electron chi connectivity index (χ2n) is 4.04. The number of hydrogen-bond acceptors (Lipinski definition) is 1. The van der Waals surface area contributed by atoms with Crippen LogP contribution < -0.4 is 4.74 Å². The first-order valence-corrected chi connectivity index (χ1v) is 5.02. The molecule has 0 spiro atoms. The standard InChI is InChI=1S/C12H16O/c1-9(2)10-3-5-11(6-4-10)13-12-7-8-12/h3-6,9,12H,7-8H2,1-2H3. The van der Waals surface area contributed by atoms with Crippen LogP contribution in [-0.2, 0) is 0 Å². The average molecular weight is 176 g/mol. The van der Waals surface area contributed by atoms with Crippen LogP contribution in [-0.4, -0.2) is 6.10 Å². The van der Waals surface area contributed by atoms with E-state index in [0.29, 0.717) is 12.0 Å². The van der Waals surface area contributed by atoms with E-state index in [-0.39, 0.29) is 0 Å². The summed E-state index contributed by atoms with van der Waals surface area (Å²) in [5.74, 6) is 1.63. The Morgan fingerprint density at radius 1 is 1.15 bits per heavy atom. The van der Waals surface area contributed by atoms with Crippen LogP contribution in [0.15, 0.2) is 24.3 Å². The van der Waals surface area contributed by atoms with Crippen molar-refractivity contribution in [3.8, 4) is 5.75 Å². The van der Waals surface area contributed by atoms with Gasteiger partial charge in [0.05, 0.1) is 6.10 Å². The number of benzene rings is 1. The predicted octanol–water partition coefficient (Wildman–Crippen LogP) is 3.35. The van der Waals surface area contributed by atoms with Crippen LogP contribution in [0.2, 0.25) is 0 Å². The molecular formula is C12H16O. The molecule has 0 amide bonds. The van der Waals surface area contributed by atoms with Gasteiger partial charge in [-0.05, 0) is 36.5 Å². The maximum atomic E-state index is 5.66. The van der Waals surface area contributed by atoms with Gasteiger partial charge in [0.15, 0.2) is 0 Å². The second-order valence-corrected chi connectivity index (χ2v) is 4.04. The van der Waals surface area contributed by atoms with Crippen molar-refractivity contribution in [2.24, 2.45) is 0 Å². The highest BCUT2D eigenvalue weighted by Crippen LogP contribution is 2.27. The fourth-order valence-electron chi connectivity index (χ4n) is 1.31. The molecule has 1 saturated carbocycles. The zero-order valence-electron chi connectivity index (χ0n) is 8.29. The van der Waals surface area contributed by atoms with Crippen LogP contribution >= 0.6 is 0 Å². The third-order valence-electron chi connectivity index (χ3n) is 2.37. The SMILES string of the molecule is CC(C)c1ccc(OC2CC2)cc1. The Hall–Kier alpha value is -0.980. The Bertz CT molecular complexity index is 270. The monoisotopic (exact) mass is 176 g/mol. The molecule has 0 unspecified atom stereocenters. The summed E-state index contributed by atoms with van der Waals surface area (Å²) >= 11 is 0. The lowest BCUT2D eigenvalue weighted by molar-refractivity contribution is 0.303. The Labute approximate surface area is 79.7 Å². The molecule has 0 atom stereocenters. The van der Waals surface area contributed by atoms with Crippen LogP contribution in [0, 0.1) is 0 Å². The molecule has 1 aromatic carbocycles. The lowest BCUT2D eigenvalue weighted by atomic mass is 10.0. The minimum Gasteiger partial charge on any atom is -0.490 e. The second kappa shape index (κ2) is 3.41. The van der Waals surface area contributed by atoms with Gasteiger partial charge in [-0.1, -0.05) is 26.0 Å². The van der Waals surface area contributed by atoms with E-state index < -0.39 is 0 Å². The molecule has 1 aliphatic rings. The molecule has 0 saturated heterocycles. The summed E-state index contributed by atoms with van der Waals surface area (Å²) in [6.45, 7) is 4.41. The van der Waals surface area contributed by atoms with E-state index in [1.165, 1.54) is 18.4 Å². The van der Waals surface area contributed by atoms with Crippen molar-refractivity contribution in [1.29, 1.82) is 0 Å². The molecule has 1 nitrogen and oxygen atoms in total. The minimum atomic E-state index is 0.505. The van der Waals surface area contributed by atoms with Crippen LogP contribution in [0.5, 0.6) is 5.75 Å². The number of ether oxygens (including phenoxy) is 1. The van der Waals surface area contributed by atoms with Crippen molar-refractivity contribution in [3.63, 3.8) is 0 Å². The maximum absolute atomic E-state index is 5.66. The molecule has 1 fully saturated rings. The van der Waals surface area contributed by atoms with Crippen molar-refractivity contribution in [2.75, 3.05) is 0 Å². The molecule has 1 heteroatoms. The van der Waals surface area contributed by atoms with Gasteiger partial charge in [0.2, 0.25) is 0 Å². The lowest BCUT2D eigenvalue weighted by Gasteiger charge is -2.07. The first-order valence-electron chi connectivity index (χ1n) is 5.02. The van der Waals surface area contributed by atoms with E-state index in [0.717, 1.165) is 5.75 Å². The summed E-state index contributed by atoms with van der Waals surface area (Å²) in [7, 11) is 0. The van der Waals surface area contributed by atoms with Gasteiger partial charge in [-0.15, -0.1) is 0 Å². The van der Waals surface area contributed by atoms with E-state index in [9.17, 15) is 0 Å². The van der Waals surface area contributed by atoms with Crippen molar-refractivity contribution < 1.29 is 4.74 Å². The summed E-state index contributed by atoms with van der Waals surface area (Å²) in [6, 6.07) is 8.46. The summed E-state index contributed by atoms with van der Waals surface area (Å²) < 4.78 is 5.66.